The average molecular weight is 275 g/mol. The van der Waals surface area contributed by atoms with Gasteiger partial charge in [-0.25, -0.2) is 4.39 Å². The van der Waals surface area contributed by atoms with Crippen molar-refractivity contribution in [1.82, 2.24) is 5.43 Å². The number of hydrogen-bond donors (Lipinski definition) is 2. The van der Waals surface area contributed by atoms with E-state index >= 15 is 0 Å². The molecule has 3 N–H and O–H groups in total. The third-order valence-electron chi connectivity index (χ3n) is 3.01. The van der Waals surface area contributed by atoms with Crippen molar-refractivity contribution in [2.45, 2.75) is 32.4 Å². The van der Waals surface area contributed by atoms with E-state index in [1.807, 2.05) is 13.8 Å². The van der Waals surface area contributed by atoms with Gasteiger partial charge in [-0.1, -0.05) is 37.6 Å². The molecule has 5 heteroatoms. The number of nitrogens with two attached hydrogens (primary N) is 1. The molecule has 0 radical (unpaired) electrons. The molecule has 0 aliphatic carbocycles. The summed E-state index contributed by atoms with van der Waals surface area (Å²) in [5.41, 5.74) is 3.23. The van der Waals surface area contributed by atoms with Gasteiger partial charge in [-0.05, 0) is 24.0 Å². The molecule has 0 spiro atoms. The minimum Gasteiger partial charge on any atom is -0.380 e. The maximum absolute atomic E-state index is 13.8. The molecular formula is C13H20ClFN2O. The first kappa shape index (κ1) is 15.4. The minimum atomic E-state index is -0.391. The van der Waals surface area contributed by atoms with Crippen LogP contribution in [0.4, 0.5) is 4.39 Å². The average Bonchev–Trinajstić information content (AvgIpc) is 2.33. The highest BCUT2D eigenvalue weighted by Gasteiger charge is 2.24. The normalized spacial score (nSPS) is 14.8. The van der Waals surface area contributed by atoms with Crippen molar-refractivity contribution in [3.8, 4) is 0 Å². The van der Waals surface area contributed by atoms with Gasteiger partial charge in [0.1, 0.15) is 5.82 Å². The predicted octanol–water partition coefficient (Wildman–Crippen LogP) is 2.52. The second kappa shape index (κ2) is 7.04. The number of hydrogen-bond acceptors (Lipinski definition) is 3. The summed E-state index contributed by atoms with van der Waals surface area (Å²) in [6.45, 7) is 4.07. The molecule has 3 nitrogen and oxygen atoms in total. The van der Waals surface area contributed by atoms with E-state index in [0.29, 0.717) is 12.0 Å². The van der Waals surface area contributed by atoms with Gasteiger partial charge in [0.15, 0.2) is 0 Å². The fraction of sp³-hybridized carbons (Fsp3) is 0.538. The van der Waals surface area contributed by atoms with E-state index in [0.717, 1.165) is 0 Å². The fourth-order valence-corrected chi connectivity index (χ4v) is 2.31. The topological polar surface area (TPSA) is 47.3 Å². The molecular weight excluding hydrogens is 255 g/mol. The lowest BCUT2D eigenvalue weighted by Crippen LogP contribution is -2.48. The van der Waals surface area contributed by atoms with E-state index in [2.05, 4.69) is 5.43 Å². The van der Waals surface area contributed by atoms with E-state index in [4.69, 9.17) is 22.2 Å². The van der Waals surface area contributed by atoms with Crippen LogP contribution in [0.2, 0.25) is 5.02 Å². The van der Waals surface area contributed by atoms with E-state index < -0.39 is 5.82 Å². The summed E-state index contributed by atoms with van der Waals surface area (Å²) in [6.07, 6.45) is 0.341. The van der Waals surface area contributed by atoms with Crippen LogP contribution in [0.5, 0.6) is 0 Å². The predicted molar refractivity (Wildman–Crippen MR) is 71.9 cm³/mol. The molecule has 102 valence electrons. The Morgan fingerprint density at radius 3 is 2.61 bits per heavy atom. The molecule has 0 saturated heterocycles. The van der Waals surface area contributed by atoms with Crippen LogP contribution in [-0.4, -0.2) is 19.3 Å². The van der Waals surface area contributed by atoms with Gasteiger partial charge in [-0.2, -0.15) is 0 Å². The van der Waals surface area contributed by atoms with Crippen molar-refractivity contribution in [2.24, 2.45) is 11.8 Å². The Morgan fingerprint density at radius 1 is 1.44 bits per heavy atom. The lowest BCUT2D eigenvalue weighted by molar-refractivity contribution is 0.0330. The molecule has 0 amide bonds. The van der Waals surface area contributed by atoms with Crippen LogP contribution in [-0.2, 0) is 11.2 Å². The van der Waals surface area contributed by atoms with Gasteiger partial charge in [0.2, 0.25) is 0 Å². The number of halogens is 2. The zero-order valence-corrected chi connectivity index (χ0v) is 11.7. The molecule has 18 heavy (non-hydrogen) atoms. The highest BCUT2D eigenvalue weighted by molar-refractivity contribution is 6.30. The number of nitrogens with one attached hydrogen (secondary N) is 1. The highest BCUT2D eigenvalue weighted by Crippen LogP contribution is 2.21. The SMILES string of the molecule is COC(C(C)C)C(Cc1cccc(Cl)c1F)NN. The van der Waals surface area contributed by atoms with Crippen molar-refractivity contribution >= 4 is 11.6 Å². The zero-order chi connectivity index (χ0) is 13.7. The number of ether oxygens (including phenoxy) is 1. The van der Waals surface area contributed by atoms with E-state index in [9.17, 15) is 4.39 Å². The maximum Gasteiger partial charge on any atom is 0.145 e. The number of rotatable bonds is 6. The van der Waals surface area contributed by atoms with Crippen molar-refractivity contribution in [1.29, 1.82) is 0 Å². The van der Waals surface area contributed by atoms with E-state index in [-0.39, 0.29) is 23.1 Å². The molecule has 0 fully saturated rings. The zero-order valence-electron chi connectivity index (χ0n) is 10.9. The van der Waals surface area contributed by atoms with Crippen molar-refractivity contribution < 1.29 is 9.13 Å². The molecule has 1 rings (SSSR count). The van der Waals surface area contributed by atoms with Gasteiger partial charge >= 0.3 is 0 Å². The molecule has 0 aliphatic heterocycles. The smallest absolute Gasteiger partial charge is 0.145 e. The Hall–Kier alpha value is -0.680. The molecule has 0 saturated carbocycles. The summed E-state index contributed by atoms with van der Waals surface area (Å²) in [7, 11) is 1.63. The van der Waals surface area contributed by atoms with Crippen molar-refractivity contribution in [3.05, 3.63) is 34.6 Å². The van der Waals surface area contributed by atoms with Crippen molar-refractivity contribution in [3.63, 3.8) is 0 Å². The first-order valence-electron chi connectivity index (χ1n) is 5.93. The first-order valence-corrected chi connectivity index (χ1v) is 6.30. The standard InChI is InChI=1S/C13H20ClFN2O/c1-8(2)13(18-3)11(17-16)7-9-5-4-6-10(14)12(9)15/h4-6,8,11,13,17H,7,16H2,1-3H3. The highest BCUT2D eigenvalue weighted by atomic mass is 35.5. The van der Waals surface area contributed by atoms with Gasteiger partial charge in [0.25, 0.3) is 0 Å². The van der Waals surface area contributed by atoms with Crippen LogP contribution in [0.1, 0.15) is 19.4 Å². The second-order valence-electron chi connectivity index (χ2n) is 4.63. The largest absolute Gasteiger partial charge is 0.380 e. The molecule has 1 aromatic rings. The molecule has 1 aromatic carbocycles. The third-order valence-corrected chi connectivity index (χ3v) is 3.30. The lowest BCUT2D eigenvalue weighted by atomic mass is 9.94. The van der Waals surface area contributed by atoms with Gasteiger partial charge < -0.3 is 4.74 Å². The molecule has 0 aromatic heterocycles. The number of methoxy groups -OCH3 is 1. The molecule has 2 atom stereocenters. The Labute approximate surface area is 112 Å². The third kappa shape index (κ3) is 3.65. The Balaban J connectivity index is 2.88. The fourth-order valence-electron chi connectivity index (χ4n) is 2.11. The van der Waals surface area contributed by atoms with Crippen LogP contribution >= 0.6 is 11.6 Å². The second-order valence-corrected chi connectivity index (χ2v) is 5.04. The molecule has 2 unspecified atom stereocenters. The lowest BCUT2D eigenvalue weighted by Gasteiger charge is -2.28. The monoisotopic (exact) mass is 274 g/mol. The molecule has 0 aliphatic rings. The van der Waals surface area contributed by atoms with Crippen LogP contribution in [0.3, 0.4) is 0 Å². The Bertz CT molecular complexity index is 387. The van der Waals surface area contributed by atoms with Gasteiger partial charge in [0, 0.05) is 7.11 Å². The van der Waals surface area contributed by atoms with Crippen LogP contribution in [0.15, 0.2) is 18.2 Å². The number of benzene rings is 1. The van der Waals surface area contributed by atoms with Gasteiger partial charge in [0.05, 0.1) is 17.2 Å². The summed E-state index contributed by atoms with van der Waals surface area (Å²) in [4.78, 5) is 0. The summed E-state index contributed by atoms with van der Waals surface area (Å²) in [5.74, 6) is 5.42. The minimum absolute atomic E-state index is 0.0895. The van der Waals surface area contributed by atoms with E-state index in [1.165, 1.54) is 6.07 Å². The summed E-state index contributed by atoms with van der Waals surface area (Å²) in [5, 5.41) is 0.127. The Kier molecular flexibility index (Phi) is 6.02. The quantitative estimate of drug-likeness (QED) is 0.619. The first-order chi connectivity index (χ1) is 8.51. The van der Waals surface area contributed by atoms with Crippen molar-refractivity contribution in [2.75, 3.05) is 7.11 Å². The van der Waals surface area contributed by atoms with Crippen LogP contribution in [0.25, 0.3) is 0 Å². The van der Waals surface area contributed by atoms with Gasteiger partial charge in [-0.3, -0.25) is 11.3 Å². The molecule has 0 bridgehead atoms. The van der Waals surface area contributed by atoms with Crippen LogP contribution in [0, 0.1) is 11.7 Å². The van der Waals surface area contributed by atoms with Gasteiger partial charge in [-0.15, -0.1) is 0 Å². The van der Waals surface area contributed by atoms with Crippen LogP contribution < -0.4 is 11.3 Å². The Morgan fingerprint density at radius 2 is 2.11 bits per heavy atom. The maximum atomic E-state index is 13.8. The summed E-state index contributed by atoms with van der Waals surface area (Å²) < 4.78 is 19.2. The number of hydrazine groups is 1. The van der Waals surface area contributed by atoms with E-state index in [1.54, 1.807) is 19.2 Å². The molecule has 0 heterocycles. The summed E-state index contributed by atoms with van der Waals surface area (Å²) >= 11 is 5.76. The summed E-state index contributed by atoms with van der Waals surface area (Å²) in [6, 6.07) is 4.80.